The average molecular weight is 289 g/mol. The lowest BCUT2D eigenvalue weighted by molar-refractivity contribution is 0.324. The highest BCUT2D eigenvalue weighted by Gasteiger charge is 2.14. The van der Waals surface area contributed by atoms with Crippen molar-refractivity contribution in [3.8, 4) is 17.2 Å². The monoisotopic (exact) mass is 289 g/mol. The number of rotatable bonds is 5. The smallest absolute Gasteiger partial charge is 0.203 e. The lowest BCUT2D eigenvalue weighted by Gasteiger charge is -2.15. The summed E-state index contributed by atoms with van der Waals surface area (Å²) >= 11 is 0. The number of hydrogen-bond acceptors (Lipinski definition) is 6. The normalized spacial score (nSPS) is 10.1. The molecule has 0 fully saturated rings. The van der Waals surface area contributed by atoms with Gasteiger partial charge in [-0.3, -0.25) is 0 Å². The van der Waals surface area contributed by atoms with E-state index in [0.717, 1.165) is 11.4 Å². The molecule has 0 saturated heterocycles. The zero-order valence-electron chi connectivity index (χ0n) is 12.6. The van der Waals surface area contributed by atoms with Crippen molar-refractivity contribution in [3.63, 3.8) is 0 Å². The van der Waals surface area contributed by atoms with Gasteiger partial charge < -0.3 is 25.3 Å². The standard InChI is InChI=1S/C15H19N3O3/c1-9-5-6-11(16)15(17-9)18-10-7-12(19-2)14(21-4)13(8-10)20-3/h5-8H,16H2,1-4H3,(H,17,18). The fraction of sp³-hybridized carbons (Fsp3) is 0.267. The molecule has 0 aliphatic carbocycles. The quantitative estimate of drug-likeness (QED) is 0.881. The van der Waals surface area contributed by atoms with E-state index in [-0.39, 0.29) is 0 Å². The molecular formula is C15H19N3O3. The van der Waals surface area contributed by atoms with Crippen LogP contribution in [0, 0.1) is 6.92 Å². The third kappa shape index (κ3) is 3.10. The molecule has 1 heterocycles. The van der Waals surface area contributed by atoms with E-state index >= 15 is 0 Å². The Morgan fingerprint density at radius 2 is 1.62 bits per heavy atom. The van der Waals surface area contributed by atoms with Gasteiger partial charge in [0.15, 0.2) is 17.3 Å². The Kier molecular flexibility index (Phi) is 4.37. The first kappa shape index (κ1) is 14.8. The molecule has 2 rings (SSSR count). The number of aromatic nitrogens is 1. The maximum absolute atomic E-state index is 5.92. The number of nitrogens with two attached hydrogens (primary N) is 1. The van der Waals surface area contributed by atoms with Gasteiger partial charge in [-0.25, -0.2) is 4.98 Å². The zero-order valence-corrected chi connectivity index (χ0v) is 12.6. The first-order valence-electron chi connectivity index (χ1n) is 6.39. The minimum absolute atomic E-state index is 0.538. The average Bonchev–Trinajstić information content (AvgIpc) is 2.49. The van der Waals surface area contributed by atoms with E-state index in [0.29, 0.717) is 28.8 Å². The van der Waals surface area contributed by atoms with Crippen molar-refractivity contribution in [1.82, 2.24) is 4.98 Å². The van der Waals surface area contributed by atoms with Crippen LogP contribution in [0.25, 0.3) is 0 Å². The predicted molar refractivity (Wildman–Crippen MR) is 82.8 cm³/mol. The summed E-state index contributed by atoms with van der Waals surface area (Å²) in [5.74, 6) is 2.25. The van der Waals surface area contributed by atoms with Gasteiger partial charge in [0.1, 0.15) is 0 Å². The molecular weight excluding hydrogens is 270 g/mol. The van der Waals surface area contributed by atoms with Crippen molar-refractivity contribution in [1.29, 1.82) is 0 Å². The second kappa shape index (κ2) is 6.21. The van der Waals surface area contributed by atoms with E-state index in [1.165, 1.54) is 0 Å². The highest BCUT2D eigenvalue weighted by Crippen LogP contribution is 2.40. The van der Waals surface area contributed by atoms with E-state index in [9.17, 15) is 0 Å². The molecule has 0 atom stereocenters. The van der Waals surface area contributed by atoms with Gasteiger partial charge in [-0.1, -0.05) is 0 Å². The molecule has 0 aliphatic rings. The van der Waals surface area contributed by atoms with Crippen LogP contribution in [0.5, 0.6) is 17.2 Å². The van der Waals surface area contributed by atoms with E-state index in [1.807, 2.05) is 19.1 Å². The lowest BCUT2D eigenvalue weighted by Crippen LogP contribution is -2.02. The van der Waals surface area contributed by atoms with Crippen molar-refractivity contribution in [2.75, 3.05) is 32.4 Å². The number of anilines is 3. The maximum atomic E-state index is 5.92. The van der Waals surface area contributed by atoms with Gasteiger partial charge in [-0.05, 0) is 19.1 Å². The van der Waals surface area contributed by atoms with Crippen LogP contribution in [0.1, 0.15) is 5.69 Å². The Balaban J connectivity index is 2.42. The second-order valence-corrected chi connectivity index (χ2v) is 4.43. The molecule has 0 bridgehead atoms. The maximum Gasteiger partial charge on any atom is 0.203 e. The van der Waals surface area contributed by atoms with Crippen LogP contribution in [0.4, 0.5) is 17.2 Å². The molecule has 0 saturated carbocycles. The molecule has 21 heavy (non-hydrogen) atoms. The fourth-order valence-corrected chi connectivity index (χ4v) is 1.96. The fourth-order valence-electron chi connectivity index (χ4n) is 1.96. The summed E-state index contributed by atoms with van der Waals surface area (Å²) in [6.07, 6.45) is 0. The SMILES string of the molecule is COc1cc(Nc2nc(C)ccc2N)cc(OC)c1OC. The minimum atomic E-state index is 0.538. The lowest BCUT2D eigenvalue weighted by atomic mass is 10.2. The van der Waals surface area contributed by atoms with Crippen molar-refractivity contribution >= 4 is 17.2 Å². The number of methoxy groups -OCH3 is 3. The van der Waals surface area contributed by atoms with E-state index in [1.54, 1.807) is 33.5 Å². The molecule has 0 unspecified atom stereocenters. The highest BCUT2D eigenvalue weighted by atomic mass is 16.5. The van der Waals surface area contributed by atoms with Crippen LogP contribution in [0.2, 0.25) is 0 Å². The van der Waals surface area contributed by atoms with E-state index in [2.05, 4.69) is 10.3 Å². The second-order valence-electron chi connectivity index (χ2n) is 4.43. The molecule has 0 radical (unpaired) electrons. The number of aryl methyl sites for hydroxylation is 1. The van der Waals surface area contributed by atoms with Crippen molar-refractivity contribution in [2.45, 2.75) is 6.92 Å². The molecule has 3 N–H and O–H groups in total. The molecule has 1 aromatic heterocycles. The summed E-state index contributed by atoms with van der Waals surface area (Å²) in [7, 11) is 4.70. The number of pyridine rings is 1. The first-order chi connectivity index (χ1) is 10.1. The van der Waals surface area contributed by atoms with Crippen LogP contribution >= 0.6 is 0 Å². The number of nitrogens with zero attached hydrogens (tertiary/aromatic N) is 1. The first-order valence-corrected chi connectivity index (χ1v) is 6.39. The van der Waals surface area contributed by atoms with Gasteiger partial charge in [-0.2, -0.15) is 0 Å². The summed E-state index contributed by atoms with van der Waals surface area (Å²) < 4.78 is 15.9. The molecule has 1 aromatic carbocycles. The van der Waals surface area contributed by atoms with Crippen LogP contribution < -0.4 is 25.3 Å². The molecule has 112 valence electrons. The summed E-state index contributed by atoms with van der Waals surface area (Å²) in [4.78, 5) is 4.37. The van der Waals surface area contributed by atoms with Gasteiger partial charge in [0.2, 0.25) is 5.75 Å². The summed E-state index contributed by atoms with van der Waals surface area (Å²) in [6, 6.07) is 7.26. The van der Waals surface area contributed by atoms with E-state index in [4.69, 9.17) is 19.9 Å². The molecule has 0 aliphatic heterocycles. The van der Waals surface area contributed by atoms with Gasteiger partial charge in [0.25, 0.3) is 0 Å². The Labute approximate surface area is 123 Å². The van der Waals surface area contributed by atoms with Gasteiger partial charge in [0, 0.05) is 23.5 Å². The minimum Gasteiger partial charge on any atom is -0.493 e. The van der Waals surface area contributed by atoms with Crippen molar-refractivity contribution in [3.05, 3.63) is 30.0 Å². The Morgan fingerprint density at radius 3 is 2.14 bits per heavy atom. The summed E-state index contributed by atoms with van der Waals surface area (Å²) in [5, 5.41) is 3.16. The topological polar surface area (TPSA) is 78.6 Å². The van der Waals surface area contributed by atoms with Crippen molar-refractivity contribution in [2.24, 2.45) is 0 Å². The van der Waals surface area contributed by atoms with Crippen LogP contribution in [-0.4, -0.2) is 26.3 Å². The van der Waals surface area contributed by atoms with Crippen LogP contribution in [0.3, 0.4) is 0 Å². The molecule has 6 nitrogen and oxygen atoms in total. The predicted octanol–water partition coefficient (Wildman–Crippen LogP) is 2.74. The van der Waals surface area contributed by atoms with Gasteiger partial charge in [0.05, 0.1) is 27.0 Å². The van der Waals surface area contributed by atoms with Crippen LogP contribution in [-0.2, 0) is 0 Å². The highest BCUT2D eigenvalue weighted by molar-refractivity contribution is 5.72. The zero-order chi connectivity index (χ0) is 15.4. The van der Waals surface area contributed by atoms with E-state index < -0.39 is 0 Å². The number of hydrogen-bond donors (Lipinski definition) is 2. The largest absolute Gasteiger partial charge is 0.493 e. The molecule has 2 aromatic rings. The summed E-state index contributed by atoms with van der Waals surface area (Å²) in [5.41, 5.74) is 8.11. The number of nitrogens with one attached hydrogen (secondary N) is 1. The molecule has 0 spiro atoms. The number of ether oxygens (including phenoxy) is 3. The van der Waals surface area contributed by atoms with Crippen molar-refractivity contribution < 1.29 is 14.2 Å². The molecule has 0 amide bonds. The van der Waals surface area contributed by atoms with Gasteiger partial charge >= 0.3 is 0 Å². The summed E-state index contributed by atoms with van der Waals surface area (Å²) in [6.45, 7) is 1.90. The third-order valence-corrected chi connectivity index (χ3v) is 2.99. The number of nitrogen functional groups attached to an aromatic ring is 1. The van der Waals surface area contributed by atoms with Crippen LogP contribution in [0.15, 0.2) is 24.3 Å². The Bertz CT molecular complexity index is 619. The molecule has 6 heteroatoms. The number of benzene rings is 1. The Hall–Kier alpha value is -2.63. The van der Waals surface area contributed by atoms with Gasteiger partial charge in [-0.15, -0.1) is 0 Å². The third-order valence-electron chi connectivity index (χ3n) is 2.99. The Morgan fingerprint density at radius 1 is 1.00 bits per heavy atom.